The molecule has 0 unspecified atom stereocenters. The molecule has 0 amide bonds. The molecule has 0 radical (unpaired) electrons. The zero-order valence-corrected chi connectivity index (χ0v) is 19.9. The molecule has 3 rings (SSSR count). The summed E-state index contributed by atoms with van der Waals surface area (Å²) in [7, 11) is 4.15. The molecule has 0 aliphatic carbocycles. The molecule has 0 aliphatic heterocycles. The van der Waals surface area contributed by atoms with Crippen LogP contribution in [0.3, 0.4) is 0 Å². The van der Waals surface area contributed by atoms with Gasteiger partial charge in [-0.2, -0.15) is 0 Å². The lowest BCUT2D eigenvalue weighted by Crippen LogP contribution is -2.15. The minimum Gasteiger partial charge on any atom is -0.494 e. The Kier molecular flexibility index (Phi) is 8.60. The van der Waals surface area contributed by atoms with E-state index in [4.69, 9.17) is 27.9 Å². The SMILES string of the molecule is CC/C(=C(/c1ccc(Cl)cc1)c1ccc(OCCCN(C)C)cc1)c1ccc(Cl)cc1. The molecule has 162 valence electrons. The molecule has 3 aromatic carbocycles. The van der Waals surface area contributed by atoms with Gasteiger partial charge in [-0.15, -0.1) is 0 Å². The maximum Gasteiger partial charge on any atom is 0.119 e. The molecular weight excluding hydrogens is 425 g/mol. The maximum atomic E-state index is 6.16. The van der Waals surface area contributed by atoms with Crippen LogP contribution >= 0.6 is 23.2 Å². The van der Waals surface area contributed by atoms with Crippen LogP contribution in [0, 0.1) is 0 Å². The van der Waals surface area contributed by atoms with Crippen molar-refractivity contribution < 1.29 is 4.74 Å². The van der Waals surface area contributed by atoms with Crippen LogP contribution in [0.5, 0.6) is 5.75 Å². The Balaban J connectivity index is 1.97. The van der Waals surface area contributed by atoms with E-state index >= 15 is 0 Å². The quantitative estimate of drug-likeness (QED) is 0.243. The average Bonchev–Trinajstić information content (AvgIpc) is 2.77. The Hall–Kier alpha value is -2.26. The van der Waals surface area contributed by atoms with Crippen LogP contribution < -0.4 is 4.74 Å². The van der Waals surface area contributed by atoms with E-state index in [1.165, 1.54) is 16.7 Å². The van der Waals surface area contributed by atoms with Crippen LogP contribution in [0.25, 0.3) is 11.1 Å². The number of allylic oxidation sites excluding steroid dienone is 1. The van der Waals surface area contributed by atoms with Crippen LogP contribution in [0.2, 0.25) is 10.0 Å². The Morgan fingerprint density at radius 3 is 1.71 bits per heavy atom. The van der Waals surface area contributed by atoms with Gasteiger partial charge in [0.1, 0.15) is 5.75 Å². The second-order valence-corrected chi connectivity index (χ2v) is 8.62. The molecule has 0 saturated carbocycles. The van der Waals surface area contributed by atoms with Crippen LogP contribution in [0.15, 0.2) is 72.8 Å². The first-order valence-electron chi connectivity index (χ1n) is 10.6. The minimum absolute atomic E-state index is 0.711. The Morgan fingerprint density at radius 2 is 1.23 bits per heavy atom. The second-order valence-electron chi connectivity index (χ2n) is 7.75. The van der Waals surface area contributed by atoms with Crippen molar-refractivity contribution in [2.45, 2.75) is 19.8 Å². The van der Waals surface area contributed by atoms with Crippen LogP contribution in [-0.2, 0) is 0 Å². The van der Waals surface area contributed by atoms with Gasteiger partial charge in [-0.05, 0) is 91.2 Å². The highest BCUT2D eigenvalue weighted by atomic mass is 35.5. The van der Waals surface area contributed by atoms with Gasteiger partial charge in [0.25, 0.3) is 0 Å². The van der Waals surface area contributed by atoms with E-state index in [9.17, 15) is 0 Å². The first-order chi connectivity index (χ1) is 15.0. The number of halogens is 2. The fourth-order valence-electron chi connectivity index (χ4n) is 3.60. The van der Waals surface area contributed by atoms with Crippen molar-refractivity contribution in [2.75, 3.05) is 27.2 Å². The predicted molar refractivity (Wildman–Crippen MR) is 134 cm³/mol. The number of benzene rings is 3. The molecule has 0 aliphatic rings. The van der Waals surface area contributed by atoms with Crippen LogP contribution in [0.1, 0.15) is 36.5 Å². The fourth-order valence-corrected chi connectivity index (χ4v) is 3.85. The third-order valence-corrected chi connectivity index (χ3v) is 5.65. The molecule has 0 saturated heterocycles. The van der Waals surface area contributed by atoms with Crippen LogP contribution in [-0.4, -0.2) is 32.1 Å². The Labute approximate surface area is 196 Å². The van der Waals surface area contributed by atoms with Crippen molar-refractivity contribution in [1.29, 1.82) is 0 Å². The number of ether oxygens (including phenoxy) is 1. The van der Waals surface area contributed by atoms with E-state index in [-0.39, 0.29) is 0 Å². The Bertz CT molecular complexity index is 991. The van der Waals surface area contributed by atoms with E-state index in [0.29, 0.717) is 6.61 Å². The largest absolute Gasteiger partial charge is 0.494 e. The molecule has 0 spiro atoms. The molecule has 3 aromatic rings. The van der Waals surface area contributed by atoms with E-state index < -0.39 is 0 Å². The van der Waals surface area contributed by atoms with Gasteiger partial charge in [0.05, 0.1) is 6.61 Å². The number of rotatable bonds is 9. The van der Waals surface area contributed by atoms with Crippen molar-refractivity contribution in [3.8, 4) is 5.75 Å². The molecule has 0 fully saturated rings. The van der Waals surface area contributed by atoms with Gasteiger partial charge in [0, 0.05) is 16.6 Å². The summed E-state index contributed by atoms with van der Waals surface area (Å²) in [5.74, 6) is 0.891. The molecule has 4 heteroatoms. The number of hydrogen-bond acceptors (Lipinski definition) is 2. The highest BCUT2D eigenvalue weighted by molar-refractivity contribution is 6.31. The van der Waals surface area contributed by atoms with Gasteiger partial charge in [0.15, 0.2) is 0 Å². The summed E-state index contributed by atoms with van der Waals surface area (Å²) in [6.45, 7) is 3.91. The standard InChI is InChI=1S/C27H29Cl2NO/c1-4-26(20-6-12-23(28)13-7-20)27(21-8-14-24(29)15-9-21)22-10-16-25(17-11-22)31-19-5-18-30(2)3/h6-17H,4-5,18-19H2,1-3H3/b27-26+. The van der Waals surface area contributed by atoms with Crippen molar-refractivity contribution in [3.63, 3.8) is 0 Å². The fraction of sp³-hybridized carbons (Fsp3) is 0.259. The summed E-state index contributed by atoms with van der Waals surface area (Å²) in [5, 5.41) is 1.47. The first kappa shape index (κ1) is 23.4. The van der Waals surface area contributed by atoms with Crippen molar-refractivity contribution in [2.24, 2.45) is 0 Å². The minimum atomic E-state index is 0.711. The van der Waals surface area contributed by atoms with E-state index in [2.05, 4.69) is 74.4 Å². The molecule has 0 atom stereocenters. The highest BCUT2D eigenvalue weighted by Gasteiger charge is 2.13. The third kappa shape index (κ3) is 6.61. The molecule has 0 N–H and O–H groups in total. The topological polar surface area (TPSA) is 12.5 Å². The summed E-state index contributed by atoms with van der Waals surface area (Å²) >= 11 is 12.3. The lowest BCUT2D eigenvalue weighted by molar-refractivity contribution is 0.281. The molecule has 2 nitrogen and oxygen atoms in total. The second kappa shape index (κ2) is 11.4. The van der Waals surface area contributed by atoms with Gasteiger partial charge in [-0.1, -0.05) is 66.5 Å². The zero-order valence-electron chi connectivity index (χ0n) is 18.4. The van der Waals surface area contributed by atoms with Crippen molar-refractivity contribution in [3.05, 3.63) is 99.5 Å². The van der Waals surface area contributed by atoms with E-state index in [1.54, 1.807) is 0 Å². The lowest BCUT2D eigenvalue weighted by atomic mass is 9.88. The van der Waals surface area contributed by atoms with Gasteiger partial charge in [-0.25, -0.2) is 0 Å². The molecular formula is C27H29Cl2NO. The molecule has 0 bridgehead atoms. The normalized spacial score (nSPS) is 12.1. The average molecular weight is 454 g/mol. The number of hydrogen-bond donors (Lipinski definition) is 0. The van der Waals surface area contributed by atoms with E-state index in [1.807, 2.05) is 24.3 Å². The lowest BCUT2D eigenvalue weighted by Gasteiger charge is -2.17. The summed E-state index contributed by atoms with van der Waals surface area (Å²) in [4.78, 5) is 2.17. The highest BCUT2D eigenvalue weighted by Crippen LogP contribution is 2.35. The molecule has 0 aromatic heterocycles. The van der Waals surface area contributed by atoms with Crippen LogP contribution in [0.4, 0.5) is 0 Å². The van der Waals surface area contributed by atoms with Gasteiger partial charge in [0.2, 0.25) is 0 Å². The maximum absolute atomic E-state index is 6.16. The molecule has 0 heterocycles. The smallest absolute Gasteiger partial charge is 0.119 e. The van der Waals surface area contributed by atoms with Gasteiger partial charge in [-0.3, -0.25) is 0 Å². The third-order valence-electron chi connectivity index (χ3n) is 5.14. The monoisotopic (exact) mass is 453 g/mol. The number of nitrogens with zero attached hydrogens (tertiary/aromatic N) is 1. The van der Waals surface area contributed by atoms with Gasteiger partial charge >= 0.3 is 0 Å². The predicted octanol–water partition coefficient (Wildman–Crippen LogP) is 7.69. The van der Waals surface area contributed by atoms with Crippen molar-refractivity contribution in [1.82, 2.24) is 4.90 Å². The summed E-state index contributed by atoms with van der Waals surface area (Å²) < 4.78 is 5.92. The van der Waals surface area contributed by atoms with Crippen molar-refractivity contribution >= 4 is 34.3 Å². The van der Waals surface area contributed by atoms with E-state index in [0.717, 1.165) is 46.3 Å². The van der Waals surface area contributed by atoms with Gasteiger partial charge < -0.3 is 9.64 Å². The summed E-state index contributed by atoms with van der Waals surface area (Å²) in [6, 6.07) is 24.5. The first-order valence-corrected chi connectivity index (χ1v) is 11.4. The molecule has 31 heavy (non-hydrogen) atoms. The Morgan fingerprint density at radius 1 is 0.742 bits per heavy atom. The summed E-state index contributed by atoms with van der Waals surface area (Å²) in [5.41, 5.74) is 5.91. The summed E-state index contributed by atoms with van der Waals surface area (Å²) in [6.07, 6.45) is 1.89. The zero-order chi connectivity index (χ0) is 22.2.